The van der Waals surface area contributed by atoms with E-state index in [4.69, 9.17) is 21.1 Å². The Morgan fingerprint density at radius 2 is 1.69 bits per heavy atom. The van der Waals surface area contributed by atoms with Crippen molar-refractivity contribution in [3.63, 3.8) is 0 Å². The van der Waals surface area contributed by atoms with Crippen molar-refractivity contribution in [2.75, 3.05) is 39.1 Å². The van der Waals surface area contributed by atoms with Gasteiger partial charge in [0.05, 0.1) is 6.04 Å². The first-order valence-corrected chi connectivity index (χ1v) is 16.0. The van der Waals surface area contributed by atoms with Crippen LogP contribution in [-0.4, -0.2) is 95.8 Å². The Kier molecular flexibility index (Phi) is 11.4. The monoisotopic (exact) mass is 683 g/mol. The molecule has 0 aromatic heterocycles. The number of amides is 5. The van der Waals surface area contributed by atoms with E-state index < -0.39 is 48.2 Å². The molecule has 14 heteroatoms. The van der Waals surface area contributed by atoms with E-state index in [9.17, 15) is 28.8 Å². The molecule has 48 heavy (non-hydrogen) atoms. The molecule has 13 nitrogen and oxygen atoms in total. The van der Waals surface area contributed by atoms with Crippen LogP contribution >= 0.6 is 11.6 Å². The second kappa shape index (κ2) is 15.1. The van der Waals surface area contributed by atoms with Crippen LogP contribution in [0.25, 0.3) is 0 Å². The Morgan fingerprint density at radius 1 is 1.00 bits per heavy atom. The lowest BCUT2D eigenvalue weighted by atomic mass is 9.83. The van der Waals surface area contributed by atoms with Crippen molar-refractivity contribution in [2.45, 2.75) is 65.3 Å². The number of ketones is 2. The van der Waals surface area contributed by atoms with Gasteiger partial charge in [0.25, 0.3) is 5.91 Å². The van der Waals surface area contributed by atoms with Crippen molar-refractivity contribution in [1.82, 2.24) is 20.0 Å². The zero-order chi connectivity index (χ0) is 35.3. The second-order valence-corrected chi connectivity index (χ2v) is 13.5. The summed E-state index contributed by atoms with van der Waals surface area (Å²) in [4.78, 5) is 80.8. The van der Waals surface area contributed by atoms with Gasteiger partial charge in [-0.05, 0) is 69.0 Å². The maximum Gasteiger partial charge on any atom is 0.410 e. The van der Waals surface area contributed by atoms with Crippen LogP contribution in [0.2, 0.25) is 5.02 Å². The number of likely N-dealkylation sites (N-methyl/N-ethyl adjacent to an activating group) is 2. The fourth-order valence-electron chi connectivity index (χ4n) is 5.34. The molecule has 2 unspecified atom stereocenters. The van der Waals surface area contributed by atoms with Crippen LogP contribution in [0, 0.1) is 12.8 Å². The number of carbonyl (C=O) groups is 6. The van der Waals surface area contributed by atoms with Gasteiger partial charge >= 0.3 is 18.2 Å². The van der Waals surface area contributed by atoms with Gasteiger partial charge in [-0.1, -0.05) is 29.8 Å². The number of carbonyl (C=O) groups excluding carboxylic acids is 6. The summed E-state index contributed by atoms with van der Waals surface area (Å²) in [5.74, 6) is -2.33. The average Bonchev–Trinajstić information content (AvgIpc) is 3.34. The Morgan fingerprint density at radius 3 is 2.35 bits per heavy atom. The summed E-state index contributed by atoms with van der Waals surface area (Å²) >= 11 is 6.13. The van der Waals surface area contributed by atoms with Gasteiger partial charge < -0.3 is 34.8 Å². The summed E-state index contributed by atoms with van der Waals surface area (Å²) in [7, 11) is 3.03. The molecule has 1 aliphatic carbocycles. The molecule has 1 saturated carbocycles. The summed E-state index contributed by atoms with van der Waals surface area (Å²) in [5.41, 5.74) is 2.70. The van der Waals surface area contributed by atoms with Crippen LogP contribution < -0.4 is 10.6 Å². The number of urea groups is 1. The van der Waals surface area contributed by atoms with Crippen molar-refractivity contribution >= 4 is 53.0 Å². The molecule has 0 radical (unpaired) electrons. The number of hydrogen-bond donors (Lipinski definition) is 2. The van der Waals surface area contributed by atoms with E-state index >= 15 is 0 Å². The Hall–Kier alpha value is -4.65. The lowest BCUT2D eigenvalue weighted by molar-refractivity contribution is -0.141. The third-order valence-electron chi connectivity index (χ3n) is 8.15. The molecular formula is C34H42ClN5O8. The molecule has 0 spiro atoms. The highest BCUT2D eigenvalue weighted by molar-refractivity contribution is 6.31. The zero-order valence-corrected chi connectivity index (χ0v) is 28.8. The molecule has 2 aliphatic rings. The number of nitrogens with zero attached hydrogens (tertiary/aromatic N) is 3. The number of benzene rings is 2. The highest BCUT2D eigenvalue weighted by Gasteiger charge is 2.44. The zero-order valence-electron chi connectivity index (χ0n) is 28.1. The molecule has 2 atom stereocenters. The quantitative estimate of drug-likeness (QED) is 0.358. The molecule has 5 amide bonds. The number of fused-ring (bicyclic) bond motifs is 1. The summed E-state index contributed by atoms with van der Waals surface area (Å²) in [6.45, 7) is 7.36. The van der Waals surface area contributed by atoms with Crippen LogP contribution in [0.15, 0.2) is 36.4 Å². The number of aryl methyl sites for hydroxylation is 1. The van der Waals surface area contributed by atoms with E-state index in [2.05, 4.69) is 10.6 Å². The van der Waals surface area contributed by atoms with Gasteiger partial charge in [0, 0.05) is 63.0 Å². The number of nitrogens with one attached hydrogen (secondary N) is 2. The van der Waals surface area contributed by atoms with Gasteiger partial charge in [-0.15, -0.1) is 0 Å². The molecule has 4 rings (SSSR count). The number of halogens is 1. The Balaban J connectivity index is 1.29. The molecular weight excluding hydrogens is 642 g/mol. The van der Waals surface area contributed by atoms with Crippen LogP contribution in [0.1, 0.15) is 60.7 Å². The molecule has 0 bridgehead atoms. The highest BCUT2D eigenvalue weighted by atomic mass is 35.5. The lowest BCUT2D eigenvalue weighted by Crippen LogP contribution is -2.50. The van der Waals surface area contributed by atoms with Crippen LogP contribution in [0.5, 0.6) is 0 Å². The van der Waals surface area contributed by atoms with E-state index in [-0.39, 0.29) is 50.7 Å². The minimum Gasteiger partial charge on any atom is -0.448 e. The van der Waals surface area contributed by atoms with Gasteiger partial charge in [-0.2, -0.15) is 0 Å². The van der Waals surface area contributed by atoms with E-state index in [1.165, 1.54) is 21.7 Å². The second-order valence-electron chi connectivity index (χ2n) is 13.1. The summed E-state index contributed by atoms with van der Waals surface area (Å²) in [6.07, 6.45) is -1.05. The van der Waals surface area contributed by atoms with Crippen molar-refractivity contribution in [3.05, 3.63) is 63.7 Å². The predicted molar refractivity (Wildman–Crippen MR) is 178 cm³/mol. The maximum absolute atomic E-state index is 13.5. The summed E-state index contributed by atoms with van der Waals surface area (Å²) in [5, 5.41) is 6.05. The van der Waals surface area contributed by atoms with Crippen molar-refractivity contribution in [1.29, 1.82) is 0 Å². The summed E-state index contributed by atoms with van der Waals surface area (Å²) in [6, 6.07) is 9.16. The normalized spacial score (nSPS) is 17.5. The Bertz CT molecular complexity index is 1610. The number of rotatable bonds is 9. The smallest absolute Gasteiger partial charge is 0.410 e. The first-order chi connectivity index (χ1) is 22.5. The molecule has 1 aliphatic heterocycles. The first-order valence-electron chi connectivity index (χ1n) is 15.7. The van der Waals surface area contributed by atoms with Crippen molar-refractivity contribution < 1.29 is 38.2 Å². The molecule has 2 aromatic rings. The SMILES string of the molecule is Cc1ccc(NC(=O)NCc2ccc3c(c2)CN(C2CCC(=O)C(COC(=O)N(C)CCN(C)C(=O)OC(C)(C)C)C2=O)C3=O)cc1Cl. The van der Waals surface area contributed by atoms with Crippen LogP contribution in [-0.2, 0) is 32.2 Å². The molecule has 2 aromatic carbocycles. The number of ether oxygens (including phenoxy) is 2. The van der Waals surface area contributed by atoms with Crippen molar-refractivity contribution in [3.8, 4) is 0 Å². The fraction of sp³-hybridized carbons (Fsp3) is 0.471. The van der Waals surface area contributed by atoms with Gasteiger partial charge in [0.1, 0.15) is 23.9 Å². The Labute approximate surface area is 284 Å². The summed E-state index contributed by atoms with van der Waals surface area (Å²) < 4.78 is 10.6. The van der Waals surface area contributed by atoms with Gasteiger partial charge in [0.2, 0.25) is 0 Å². The lowest BCUT2D eigenvalue weighted by Gasteiger charge is -2.33. The number of Topliss-reactive ketones (excluding diaryl/α,β-unsaturated/α-hetero) is 2. The van der Waals surface area contributed by atoms with E-state index in [1.807, 2.05) is 13.0 Å². The molecule has 2 N–H and O–H groups in total. The molecule has 1 fully saturated rings. The first kappa shape index (κ1) is 36.2. The minimum absolute atomic E-state index is 0.0613. The number of hydrogen-bond acceptors (Lipinski definition) is 8. The third-order valence-corrected chi connectivity index (χ3v) is 8.55. The van der Waals surface area contributed by atoms with E-state index in [0.717, 1.165) is 11.1 Å². The standard InChI is InChI=1S/C34H42ClN5O8/c1-20-7-9-23(16-26(20)35)37-31(44)36-17-21-8-10-24-22(15-21)18-40(30(24)43)27-11-12-28(41)25(29(27)42)19-47-32(45)38(5)13-14-39(6)33(46)48-34(2,3)4/h7-10,15-16,25,27H,11-14,17-19H2,1-6H3,(H2,36,37,44). The van der Waals surface area contributed by atoms with Gasteiger partial charge in [-0.3, -0.25) is 14.4 Å². The largest absolute Gasteiger partial charge is 0.448 e. The topological polar surface area (TPSA) is 155 Å². The van der Waals surface area contributed by atoms with Gasteiger partial charge in [-0.25, -0.2) is 14.4 Å². The van der Waals surface area contributed by atoms with Crippen LogP contribution in [0.3, 0.4) is 0 Å². The van der Waals surface area contributed by atoms with Gasteiger partial charge in [0.15, 0.2) is 5.78 Å². The number of anilines is 1. The predicted octanol–water partition coefficient (Wildman–Crippen LogP) is 4.78. The maximum atomic E-state index is 13.5. The fourth-order valence-corrected chi connectivity index (χ4v) is 5.53. The average molecular weight is 684 g/mol. The molecule has 258 valence electrons. The highest BCUT2D eigenvalue weighted by Crippen LogP contribution is 2.31. The van der Waals surface area contributed by atoms with E-state index in [1.54, 1.807) is 58.2 Å². The molecule has 0 saturated heterocycles. The van der Waals surface area contributed by atoms with Crippen LogP contribution in [0.4, 0.5) is 20.1 Å². The molecule has 1 heterocycles. The van der Waals surface area contributed by atoms with E-state index in [0.29, 0.717) is 21.8 Å². The van der Waals surface area contributed by atoms with Crippen molar-refractivity contribution in [2.24, 2.45) is 5.92 Å². The third kappa shape index (κ3) is 9.03. The minimum atomic E-state index is -1.19.